The van der Waals surface area contributed by atoms with Crippen molar-refractivity contribution in [3.05, 3.63) is 17.3 Å². The minimum atomic E-state index is 0.348. The molecule has 2 heterocycles. The molecule has 4 heteroatoms. The van der Waals surface area contributed by atoms with Crippen molar-refractivity contribution in [2.45, 2.75) is 45.7 Å². The van der Waals surface area contributed by atoms with E-state index in [0.717, 1.165) is 37.0 Å². The van der Waals surface area contributed by atoms with Gasteiger partial charge in [0.1, 0.15) is 5.76 Å². The molecule has 4 nitrogen and oxygen atoms in total. The number of aromatic nitrogens is 1. The van der Waals surface area contributed by atoms with E-state index in [4.69, 9.17) is 10.2 Å². The number of nitrogens with zero attached hydrogens (tertiary/aromatic N) is 2. The quantitative estimate of drug-likeness (QED) is 0.846. The highest BCUT2D eigenvalue weighted by atomic mass is 16.4. The number of rotatable bonds is 2. The molecule has 2 N–H and O–H groups in total. The average molecular weight is 235 g/mol. The summed E-state index contributed by atoms with van der Waals surface area (Å²) in [4.78, 5) is 6.75. The van der Waals surface area contributed by atoms with Crippen molar-refractivity contribution < 1.29 is 4.42 Å². The van der Waals surface area contributed by atoms with E-state index in [-0.39, 0.29) is 0 Å². The minimum absolute atomic E-state index is 0.348. The molecule has 1 atom stereocenters. The zero-order chi connectivity index (χ0) is 12.0. The summed E-state index contributed by atoms with van der Waals surface area (Å²) < 4.78 is 5.64. The van der Waals surface area contributed by atoms with Crippen LogP contribution in [0.25, 0.3) is 0 Å². The molecule has 1 saturated heterocycles. The van der Waals surface area contributed by atoms with Crippen molar-refractivity contribution in [3.63, 3.8) is 0 Å². The molecular formula is C13H21N3O. The molecule has 1 aliphatic heterocycles. The first-order valence-electron chi connectivity index (χ1n) is 6.50. The fraction of sp³-hybridized carbons (Fsp3) is 0.769. The molecule has 1 aromatic heterocycles. The number of nitrogens with two attached hydrogens (primary N) is 1. The molecule has 0 bridgehead atoms. The molecule has 3 rings (SSSR count). The topological polar surface area (TPSA) is 55.3 Å². The monoisotopic (exact) mass is 235 g/mol. The molecule has 1 saturated carbocycles. The van der Waals surface area contributed by atoms with Gasteiger partial charge in [-0.05, 0) is 25.2 Å². The number of hydrogen-bond acceptors (Lipinski definition) is 4. The van der Waals surface area contributed by atoms with Crippen molar-refractivity contribution in [1.82, 2.24) is 9.88 Å². The van der Waals surface area contributed by atoms with Crippen LogP contribution in [0.3, 0.4) is 0 Å². The Bertz CT molecular complexity index is 422. The van der Waals surface area contributed by atoms with Crippen molar-refractivity contribution in [2.75, 3.05) is 13.1 Å². The van der Waals surface area contributed by atoms with E-state index in [9.17, 15) is 0 Å². The molecule has 1 spiro atoms. The number of oxazole rings is 1. The molecule has 1 aliphatic carbocycles. The van der Waals surface area contributed by atoms with E-state index in [1.165, 1.54) is 19.3 Å². The third-order valence-corrected chi connectivity index (χ3v) is 4.50. The Kier molecular flexibility index (Phi) is 2.52. The Hall–Kier alpha value is -0.870. The van der Waals surface area contributed by atoms with Crippen LogP contribution in [0, 0.1) is 19.3 Å². The van der Waals surface area contributed by atoms with Gasteiger partial charge in [0.15, 0.2) is 5.89 Å². The molecule has 0 aromatic carbocycles. The Morgan fingerprint density at radius 2 is 2.24 bits per heavy atom. The summed E-state index contributed by atoms with van der Waals surface area (Å²) in [5.41, 5.74) is 7.71. The molecular weight excluding hydrogens is 214 g/mol. The van der Waals surface area contributed by atoms with Crippen LogP contribution in [0.2, 0.25) is 0 Å². The Morgan fingerprint density at radius 3 is 2.71 bits per heavy atom. The molecule has 2 aliphatic rings. The maximum atomic E-state index is 6.27. The van der Waals surface area contributed by atoms with Gasteiger partial charge in [0.2, 0.25) is 0 Å². The van der Waals surface area contributed by atoms with Gasteiger partial charge in [-0.1, -0.05) is 6.42 Å². The average Bonchev–Trinajstić information content (AvgIpc) is 2.67. The Balaban J connectivity index is 1.69. The summed E-state index contributed by atoms with van der Waals surface area (Å²) in [6.45, 7) is 6.91. The second kappa shape index (κ2) is 3.82. The maximum absolute atomic E-state index is 6.27. The van der Waals surface area contributed by atoms with Gasteiger partial charge in [-0.3, -0.25) is 4.90 Å². The largest absolute Gasteiger partial charge is 0.444 e. The third-order valence-electron chi connectivity index (χ3n) is 4.50. The van der Waals surface area contributed by atoms with Crippen LogP contribution in [-0.2, 0) is 6.54 Å². The van der Waals surface area contributed by atoms with E-state index in [2.05, 4.69) is 9.88 Å². The lowest BCUT2D eigenvalue weighted by atomic mass is 9.66. The zero-order valence-corrected chi connectivity index (χ0v) is 10.7. The predicted octanol–water partition coefficient (Wildman–Crippen LogP) is 1.60. The van der Waals surface area contributed by atoms with Crippen LogP contribution >= 0.6 is 0 Å². The summed E-state index contributed by atoms with van der Waals surface area (Å²) >= 11 is 0. The van der Waals surface area contributed by atoms with Gasteiger partial charge in [-0.2, -0.15) is 0 Å². The summed E-state index contributed by atoms with van der Waals surface area (Å²) in [6.07, 6.45) is 3.96. The number of hydrogen-bond donors (Lipinski definition) is 1. The number of aryl methyl sites for hydroxylation is 2. The highest BCUT2D eigenvalue weighted by molar-refractivity contribution is 5.10. The first-order valence-corrected chi connectivity index (χ1v) is 6.50. The Morgan fingerprint density at radius 1 is 1.47 bits per heavy atom. The van der Waals surface area contributed by atoms with E-state index in [1.54, 1.807) is 0 Å². The van der Waals surface area contributed by atoms with Gasteiger partial charge >= 0.3 is 0 Å². The first kappa shape index (κ1) is 11.2. The molecule has 0 radical (unpaired) electrons. The molecule has 1 unspecified atom stereocenters. The van der Waals surface area contributed by atoms with E-state index in [0.29, 0.717) is 11.5 Å². The van der Waals surface area contributed by atoms with Gasteiger partial charge in [-0.25, -0.2) is 4.98 Å². The van der Waals surface area contributed by atoms with E-state index in [1.807, 2.05) is 13.8 Å². The summed E-state index contributed by atoms with van der Waals surface area (Å²) in [5.74, 6) is 1.77. The van der Waals surface area contributed by atoms with Gasteiger partial charge in [0.25, 0.3) is 0 Å². The zero-order valence-electron chi connectivity index (χ0n) is 10.7. The normalized spacial score (nSPS) is 27.6. The number of likely N-dealkylation sites (tertiary alicyclic amines) is 1. The minimum Gasteiger partial charge on any atom is -0.444 e. The van der Waals surface area contributed by atoms with Crippen LogP contribution in [0.15, 0.2) is 4.42 Å². The SMILES string of the molecule is Cc1nc(C)c(CN2CC(N)C3(CCC3)C2)o1. The van der Waals surface area contributed by atoms with Gasteiger partial charge in [0, 0.05) is 26.1 Å². The van der Waals surface area contributed by atoms with E-state index < -0.39 is 0 Å². The van der Waals surface area contributed by atoms with E-state index >= 15 is 0 Å². The second-order valence-corrected chi connectivity index (χ2v) is 5.73. The first-order chi connectivity index (χ1) is 8.09. The summed E-state index contributed by atoms with van der Waals surface area (Å²) in [5, 5.41) is 0. The molecule has 0 amide bonds. The highest BCUT2D eigenvalue weighted by Gasteiger charge is 2.48. The highest BCUT2D eigenvalue weighted by Crippen LogP contribution is 2.47. The second-order valence-electron chi connectivity index (χ2n) is 5.73. The standard InChI is InChI=1S/C13H21N3O/c1-9-11(17-10(2)15-9)6-16-7-12(14)13(8-16)4-3-5-13/h12H,3-8,14H2,1-2H3. The molecule has 1 aromatic rings. The molecule has 17 heavy (non-hydrogen) atoms. The summed E-state index contributed by atoms with van der Waals surface area (Å²) in [6, 6.07) is 0.348. The summed E-state index contributed by atoms with van der Waals surface area (Å²) in [7, 11) is 0. The lowest BCUT2D eigenvalue weighted by molar-refractivity contribution is 0.120. The lowest BCUT2D eigenvalue weighted by Gasteiger charge is -2.41. The Labute approximate surface area is 102 Å². The van der Waals surface area contributed by atoms with Gasteiger partial charge < -0.3 is 10.2 Å². The van der Waals surface area contributed by atoms with Gasteiger partial charge in [0.05, 0.1) is 12.2 Å². The third kappa shape index (κ3) is 1.79. The van der Waals surface area contributed by atoms with Crippen LogP contribution < -0.4 is 5.73 Å². The van der Waals surface area contributed by atoms with Gasteiger partial charge in [-0.15, -0.1) is 0 Å². The maximum Gasteiger partial charge on any atom is 0.191 e. The molecule has 2 fully saturated rings. The van der Waals surface area contributed by atoms with Crippen molar-refractivity contribution in [1.29, 1.82) is 0 Å². The smallest absolute Gasteiger partial charge is 0.191 e. The van der Waals surface area contributed by atoms with Crippen LogP contribution in [0.5, 0.6) is 0 Å². The lowest BCUT2D eigenvalue weighted by Crippen LogP contribution is -2.45. The van der Waals surface area contributed by atoms with Crippen LogP contribution in [0.1, 0.15) is 36.6 Å². The van der Waals surface area contributed by atoms with Crippen molar-refractivity contribution in [2.24, 2.45) is 11.1 Å². The fourth-order valence-corrected chi connectivity index (χ4v) is 3.30. The van der Waals surface area contributed by atoms with Crippen molar-refractivity contribution in [3.8, 4) is 0 Å². The molecule has 94 valence electrons. The predicted molar refractivity (Wildman–Crippen MR) is 65.5 cm³/mol. The van der Waals surface area contributed by atoms with Crippen LogP contribution in [0.4, 0.5) is 0 Å². The fourth-order valence-electron chi connectivity index (χ4n) is 3.30. The van der Waals surface area contributed by atoms with Crippen molar-refractivity contribution >= 4 is 0 Å². The van der Waals surface area contributed by atoms with Crippen LogP contribution in [-0.4, -0.2) is 29.0 Å².